The number of H-pyrrole nitrogens is 1. The Balaban J connectivity index is 1.52. The zero-order valence-corrected chi connectivity index (χ0v) is 14.9. The van der Waals surface area contributed by atoms with Crippen LogP contribution in [0.3, 0.4) is 0 Å². The van der Waals surface area contributed by atoms with Crippen LogP contribution in [0.2, 0.25) is 0 Å². The van der Waals surface area contributed by atoms with Gasteiger partial charge in [-0.3, -0.25) is 4.79 Å². The molecule has 2 N–H and O–H groups in total. The van der Waals surface area contributed by atoms with Crippen molar-refractivity contribution in [1.82, 2.24) is 4.98 Å². The molecule has 140 valence electrons. The number of benzene rings is 3. The molecular formula is C21H16FN3O3. The van der Waals surface area contributed by atoms with Gasteiger partial charge in [0.05, 0.1) is 5.52 Å². The fourth-order valence-electron chi connectivity index (χ4n) is 2.92. The minimum atomic E-state index is -0.866. The van der Waals surface area contributed by atoms with Crippen LogP contribution < -0.4 is 4.74 Å². The summed E-state index contributed by atoms with van der Waals surface area (Å²) in [6, 6.07) is 17.3. The molecule has 0 aliphatic heterocycles. The first kappa shape index (κ1) is 17.7. The van der Waals surface area contributed by atoms with E-state index in [2.05, 4.69) is 15.2 Å². The van der Waals surface area contributed by atoms with Gasteiger partial charge in [0.15, 0.2) is 11.8 Å². The molecule has 1 atom stereocenters. The first-order valence-corrected chi connectivity index (χ1v) is 8.62. The predicted octanol–water partition coefficient (Wildman–Crippen LogP) is 5.24. The van der Waals surface area contributed by atoms with Gasteiger partial charge in [-0.05, 0) is 48.0 Å². The van der Waals surface area contributed by atoms with Crippen molar-refractivity contribution in [3.05, 3.63) is 66.5 Å². The number of aromatic nitrogens is 1. The number of halogens is 1. The lowest BCUT2D eigenvalue weighted by Crippen LogP contribution is -2.21. The summed E-state index contributed by atoms with van der Waals surface area (Å²) < 4.78 is 18.9. The molecule has 0 aliphatic rings. The van der Waals surface area contributed by atoms with Crippen LogP contribution in [0.5, 0.6) is 11.6 Å². The maximum Gasteiger partial charge on any atom is 0.304 e. The van der Waals surface area contributed by atoms with Gasteiger partial charge in [-0.15, -0.1) is 10.2 Å². The first-order chi connectivity index (χ1) is 13.5. The van der Waals surface area contributed by atoms with Crippen molar-refractivity contribution >= 4 is 33.3 Å². The Kier molecular flexibility index (Phi) is 4.49. The summed E-state index contributed by atoms with van der Waals surface area (Å²) in [5.74, 6) is -0.810. The molecule has 0 unspecified atom stereocenters. The highest BCUT2D eigenvalue weighted by Gasteiger charge is 2.16. The number of hydrogen-bond acceptors (Lipinski definition) is 4. The van der Waals surface area contributed by atoms with E-state index < -0.39 is 17.8 Å². The first-order valence-electron chi connectivity index (χ1n) is 8.62. The van der Waals surface area contributed by atoms with E-state index in [-0.39, 0.29) is 11.6 Å². The Morgan fingerprint density at radius 2 is 1.89 bits per heavy atom. The van der Waals surface area contributed by atoms with Crippen molar-refractivity contribution in [2.75, 3.05) is 0 Å². The number of nitrogens with zero attached hydrogens (tertiary/aromatic N) is 2. The van der Waals surface area contributed by atoms with Crippen molar-refractivity contribution in [2.24, 2.45) is 10.2 Å². The van der Waals surface area contributed by atoms with Crippen LogP contribution in [0.1, 0.15) is 6.92 Å². The van der Waals surface area contributed by atoms with Crippen molar-refractivity contribution in [3.8, 4) is 11.6 Å². The van der Waals surface area contributed by atoms with Gasteiger partial charge in [-0.2, -0.15) is 0 Å². The minimum absolute atomic E-state index is 0.0706. The zero-order chi connectivity index (χ0) is 19.7. The number of carbonyl (C=O) groups is 1. The maximum atomic E-state index is 13.3. The summed E-state index contributed by atoms with van der Waals surface area (Å²) in [6.07, 6.45) is -0.866. The van der Waals surface area contributed by atoms with Crippen LogP contribution in [0, 0.1) is 5.82 Å². The number of carbonyl (C=O) groups excluding carboxylic acids is 1. The number of aromatic amines is 1. The van der Waals surface area contributed by atoms with Crippen molar-refractivity contribution < 1.29 is 19.0 Å². The highest BCUT2D eigenvalue weighted by atomic mass is 19.1. The quantitative estimate of drug-likeness (QED) is 0.477. The fourth-order valence-corrected chi connectivity index (χ4v) is 2.92. The van der Waals surface area contributed by atoms with E-state index in [0.717, 1.165) is 10.8 Å². The molecule has 3 aromatic carbocycles. The number of nitrogens with one attached hydrogen (secondary N) is 1. The van der Waals surface area contributed by atoms with Gasteiger partial charge >= 0.3 is 5.91 Å². The van der Waals surface area contributed by atoms with E-state index in [9.17, 15) is 14.3 Å². The van der Waals surface area contributed by atoms with Gasteiger partial charge in [-0.1, -0.05) is 30.3 Å². The van der Waals surface area contributed by atoms with Crippen molar-refractivity contribution in [3.63, 3.8) is 0 Å². The SMILES string of the molecule is C[C@H](Oc1ccc2ccccc2c1)C(=O)N=Nc1c(O)[nH]c2cc(F)ccc12. The van der Waals surface area contributed by atoms with Crippen LogP contribution in [0.25, 0.3) is 21.7 Å². The number of fused-ring (bicyclic) bond motifs is 2. The third-order valence-electron chi connectivity index (χ3n) is 4.34. The highest BCUT2D eigenvalue weighted by Crippen LogP contribution is 2.35. The Morgan fingerprint density at radius 3 is 2.71 bits per heavy atom. The summed E-state index contributed by atoms with van der Waals surface area (Å²) in [4.78, 5) is 14.9. The topological polar surface area (TPSA) is 87.0 Å². The molecule has 0 aliphatic carbocycles. The average molecular weight is 377 g/mol. The van der Waals surface area contributed by atoms with Crippen LogP contribution >= 0.6 is 0 Å². The van der Waals surface area contributed by atoms with Crippen LogP contribution in [-0.4, -0.2) is 22.1 Å². The number of aromatic hydroxyl groups is 1. The lowest BCUT2D eigenvalue weighted by molar-refractivity contribution is -0.124. The molecule has 0 saturated heterocycles. The van der Waals surface area contributed by atoms with Crippen LogP contribution in [0.4, 0.5) is 10.1 Å². The molecule has 28 heavy (non-hydrogen) atoms. The van der Waals surface area contributed by atoms with E-state index in [0.29, 0.717) is 16.7 Å². The summed E-state index contributed by atoms with van der Waals surface area (Å²) in [5, 5.41) is 19.9. The molecular weight excluding hydrogens is 361 g/mol. The summed E-state index contributed by atoms with van der Waals surface area (Å²) in [6.45, 7) is 1.57. The van der Waals surface area contributed by atoms with E-state index in [4.69, 9.17) is 4.74 Å². The molecule has 6 nitrogen and oxygen atoms in total. The van der Waals surface area contributed by atoms with Gasteiger partial charge < -0.3 is 14.8 Å². The van der Waals surface area contributed by atoms with Crippen LogP contribution in [0.15, 0.2) is 70.9 Å². The molecule has 0 radical (unpaired) electrons. The molecule has 0 bridgehead atoms. The van der Waals surface area contributed by atoms with Gasteiger partial charge in [0.25, 0.3) is 0 Å². The third-order valence-corrected chi connectivity index (χ3v) is 4.34. The molecule has 4 aromatic rings. The largest absolute Gasteiger partial charge is 0.493 e. The number of ether oxygens (including phenoxy) is 1. The zero-order valence-electron chi connectivity index (χ0n) is 14.9. The molecule has 4 rings (SSSR count). The van der Waals surface area contributed by atoms with E-state index in [1.165, 1.54) is 18.2 Å². The lowest BCUT2D eigenvalue weighted by Gasteiger charge is -2.11. The smallest absolute Gasteiger partial charge is 0.304 e. The van der Waals surface area contributed by atoms with Crippen LogP contribution in [-0.2, 0) is 4.79 Å². The summed E-state index contributed by atoms with van der Waals surface area (Å²) in [5.41, 5.74) is 0.431. The van der Waals surface area contributed by atoms with Gasteiger partial charge in [-0.25, -0.2) is 4.39 Å². The summed E-state index contributed by atoms with van der Waals surface area (Å²) in [7, 11) is 0. The second kappa shape index (κ2) is 7.11. The molecule has 0 saturated carbocycles. The Labute approximate surface area is 159 Å². The molecule has 1 heterocycles. The number of amides is 1. The molecule has 0 fully saturated rings. The fraction of sp³-hybridized carbons (Fsp3) is 0.0952. The molecule has 1 amide bonds. The van der Waals surface area contributed by atoms with E-state index in [1.807, 2.05) is 36.4 Å². The van der Waals surface area contributed by atoms with Crippen molar-refractivity contribution in [1.29, 1.82) is 0 Å². The monoisotopic (exact) mass is 377 g/mol. The number of azo groups is 1. The standard InChI is InChI=1S/C21H16FN3O3/c1-12(28-16-8-6-13-4-2-3-5-14(13)10-16)20(26)25-24-19-17-9-7-15(22)11-18(17)23-21(19)27/h2-12,23,27H,1H3/t12-/m0/s1. The van der Waals surface area contributed by atoms with Gasteiger partial charge in [0, 0.05) is 5.39 Å². The Bertz CT molecular complexity index is 1220. The van der Waals surface area contributed by atoms with Gasteiger partial charge in [0.1, 0.15) is 11.6 Å². The van der Waals surface area contributed by atoms with Crippen molar-refractivity contribution in [2.45, 2.75) is 13.0 Å². The number of rotatable bonds is 4. The Hall–Kier alpha value is -3.74. The summed E-state index contributed by atoms with van der Waals surface area (Å²) >= 11 is 0. The second-order valence-corrected chi connectivity index (χ2v) is 6.32. The highest BCUT2D eigenvalue weighted by molar-refractivity contribution is 5.94. The number of hydrogen-bond donors (Lipinski definition) is 2. The molecule has 0 spiro atoms. The lowest BCUT2D eigenvalue weighted by atomic mass is 10.1. The van der Waals surface area contributed by atoms with Gasteiger partial charge in [0.2, 0.25) is 5.88 Å². The second-order valence-electron chi connectivity index (χ2n) is 6.32. The van der Waals surface area contributed by atoms with E-state index in [1.54, 1.807) is 13.0 Å². The normalized spacial score (nSPS) is 12.6. The minimum Gasteiger partial charge on any atom is -0.493 e. The molecule has 1 aromatic heterocycles. The van der Waals surface area contributed by atoms with E-state index >= 15 is 0 Å². The maximum absolute atomic E-state index is 13.3. The third kappa shape index (κ3) is 3.42. The Morgan fingerprint density at radius 1 is 1.11 bits per heavy atom. The predicted molar refractivity (Wildman–Crippen MR) is 103 cm³/mol. The molecule has 7 heteroatoms. The average Bonchev–Trinajstić information content (AvgIpc) is 3.00.